The van der Waals surface area contributed by atoms with Gasteiger partial charge >= 0.3 is 0 Å². The molecule has 0 aromatic heterocycles. The van der Waals surface area contributed by atoms with Gasteiger partial charge in [-0.2, -0.15) is 5.10 Å². The van der Waals surface area contributed by atoms with E-state index in [9.17, 15) is 4.79 Å². The third-order valence-electron chi connectivity index (χ3n) is 2.99. The fourth-order valence-corrected chi connectivity index (χ4v) is 1.97. The minimum absolute atomic E-state index is 0.0744. The predicted molar refractivity (Wildman–Crippen MR) is 88.5 cm³/mol. The van der Waals surface area contributed by atoms with E-state index in [1.54, 1.807) is 18.3 Å². The molecule has 22 heavy (non-hydrogen) atoms. The van der Waals surface area contributed by atoms with E-state index >= 15 is 0 Å². The number of amides is 1. The standard InChI is InChI=1S/C17H17ClN2O2/c1-2-14-5-3-4-6-16(14)22-12-17(21)20-19-11-13-7-9-15(18)10-8-13/h3-11H,2,12H2,1H3,(H,20,21)/b19-11+. The lowest BCUT2D eigenvalue weighted by Crippen LogP contribution is -2.24. The van der Waals surface area contributed by atoms with Crippen molar-refractivity contribution in [1.29, 1.82) is 0 Å². The number of ether oxygens (including phenoxy) is 1. The monoisotopic (exact) mass is 316 g/mol. The molecule has 0 aliphatic carbocycles. The van der Waals surface area contributed by atoms with Crippen LogP contribution in [0.15, 0.2) is 53.6 Å². The Bertz CT molecular complexity index is 654. The van der Waals surface area contributed by atoms with Crippen molar-refractivity contribution in [2.75, 3.05) is 6.61 Å². The number of hydrogen-bond acceptors (Lipinski definition) is 3. The van der Waals surface area contributed by atoms with Gasteiger partial charge in [-0.05, 0) is 35.7 Å². The summed E-state index contributed by atoms with van der Waals surface area (Å²) in [6, 6.07) is 14.8. The quantitative estimate of drug-likeness (QED) is 0.655. The highest BCUT2D eigenvalue weighted by Gasteiger charge is 2.04. The largest absolute Gasteiger partial charge is 0.483 e. The summed E-state index contributed by atoms with van der Waals surface area (Å²) >= 11 is 5.79. The fourth-order valence-electron chi connectivity index (χ4n) is 1.84. The number of hydrazone groups is 1. The Kier molecular flexibility index (Phi) is 5.98. The number of para-hydroxylation sites is 1. The zero-order valence-corrected chi connectivity index (χ0v) is 13.0. The van der Waals surface area contributed by atoms with Crippen LogP contribution in [0.1, 0.15) is 18.1 Å². The van der Waals surface area contributed by atoms with Gasteiger partial charge in [0, 0.05) is 5.02 Å². The van der Waals surface area contributed by atoms with Crippen molar-refractivity contribution in [3.05, 3.63) is 64.7 Å². The molecule has 0 saturated carbocycles. The zero-order chi connectivity index (χ0) is 15.8. The van der Waals surface area contributed by atoms with Crippen molar-refractivity contribution in [1.82, 2.24) is 5.43 Å². The summed E-state index contributed by atoms with van der Waals surface area (Å²) in [5.74, 6) is 0.415. The van der Waals surface area contributed by atoms with Crippen LogP contribution in [0.25, 0.3) is 0 Å². The van der Waals surface area contributed by atoms with E-state index in [2.05, 4.69) is 10.5 Å². The van der Waals surface area contributed by atoms with Gasteiger partial charge in [-0.3, -0.25) is 4.79 Å². The molecule has 0 aliphatic rings. The van der Waals surface area contributed by atoms with Crippen LogP contribution in [0, 0.1) is 0 Å². The van der Waals surface area contributed by atoms with Crippen molar-refractivity contribution in [3.63, 3.8) is 0 Å². The first-order chi connectivity index (χ1) is 10.7. The molecule has 0 spiro atoms. The summed E-state index contributed by atoms with van der Waals surface area (Å²) in [4.78, 5) is 11.7. The highest BCUT2D eigenvalue weighted by atomic mass is 35.5. The normalized spacial score (nSPS) is 10.6. The first kappa shape index (κ1) is 16.0. The molecule has 0 aliphatic heterocycles. The lowest BCUT2D eigenvalue weighted by atomic mass is 10.1. The van der Waals surface area contributed by atoms with Gasteiger partial charge in [0.15, 0.2) is 6.61 Å². The van der Waals surface area contributed by atoms with Crippen molar-refractivity contribution in [2.24, 2.45) is 5.10 Å². The molecule has 0 bridgehead atoms. The first-order valence-electron chi connectivity index (χ1n) is 6.97. The summed E-state index contributed by atoms with van der Waals surface area (Å²) < 4.78 is 5.50. The summed E-state index contributed by atoms with van der Waals surface area (Å²) in [5, 5.41) is 4.54. The molecule has 2 aromatic carbocycles. The number of rotatable bonds is 6. The Balaban J connectivity index is 1.82. The number of nitrogens with one attached hydrogen (secondary N) is 1. The van der Waals surface area contributed by atoms with Gasteiger partial charge in [0.05, 0.1) is 6.21 Å². The van der Waals surface area contributed by atoms with Crippen molar-refractivity contribution >= 4 is 23.7 Å². The van der Waals surface area contributed by atoms with Gasteiger partial charge in [0.25, 0.3) is 5.91 Å². The van der Waals surface area contributed by atoms with Crippen LogP contribution >= 0.6 is 11.6 Å². The zero-order valence-electron chi connectivity index (χ0n) is 12.3. The van der Waals surface area contributed by atoms with Crippen LogP contribution in [-0.2, 0) is 11.2 Å². The molecule has 2 rings (SSSR count). The first-order valence-corrected chi connectivity index (χ1v) is 7.35. The molecule has 1 amide bonds. The highest BCUT2D eigenvalue weighted by molar-refractivity contribution is 6.30. The second-order valence-electron chi connectivity index (χ2n) is 4.59. The molecule has 114 valence electrons. The Hall–Kier alpha value is -2.33. The van der Waals surface area contributed by atoms with Gasteiger partial charge in [-0.1, -0.05) is 48.9 Å². The Labute approximate surface area is 134 Å². The number of carbonyl (C=O) groups is 1. The number of halogens is 1. The maximum absolute atomic E-state index is 11.7. The highest BCUT2D eigenvalue weighted by Crippen LogP contribution is 2.17. The summed E-state index contributed by atoms with van der Waals surface area (Å²) in [6.45, 7) is 1.97. The van der Waals surface area contributed by atoms with E-state index in [1.807, 2.05) is 43.3 Å². The smallest absolute Gasteiger partial charge is 0.277 e. The number of aryl methyl sites for hydroxylation is 1. The summed E-state index contributed by atoms with van der Waals surface area (Å²) in [6.07, 6.45) is 2.40. The van der Waals surface area contributed by atoms with E-state index in [0.717, 1.165) is 23.3 Å². The van der Waals surface area contributed by atoms with E-state index in [1.165, 1.54) is 0 Å². The third kappa shape index (κ3) is 4.90. The van der Waals surface area contributed by atoms with Crippen LogP contribution < -0.4 is 10.2 Å². The maximum Gasteiger partial charge on any atom is 0.277 e. The van der Waals surface area contributed by atoms with Gasteiger partial charge in [-0.25, -0.2) is 5.43 Å². The van der Waals surface area contributed by atoms with Crippen molar-refractivity contribution in [3.8, 4) is 5.75 Å². The minimum Gasteiger partial charge on any atom is -0.483 e. The average molecular weight is 317 g/mol. The van der Waals surface area contributed by atoms with Crippen molar-refractivity contribution < 1.29 is 9.53 Å². The Morgan fingerprint density at radius 2 is 1.95 bits per heavy atom. The Morgan fingerprint density at radius 1 is 1.23 bits per heavy atom. The summed E-state index contributed by atoms with van der Waals surface area (Å²) in [7, 11) is 0. The SMILES string of the molecule is CCc1ccccc1OCC(=O)N/N=C/c1ccc(Cl)cc1. The number of nitrogens with zero attached hydrogens (tertiary/aromatic N) is 1. The van der Waals surface area contributed by atoms with E-state index in [0.29, 0.717) is 5.02 Å². The minimum atomic E-state index is -0.309. The molecule has 0 radical (unpaired) electrons. The molecule has 0 fully saturated rings. The number of carbonyl (C=O) groups excluding carboxylic acids is 1. The fraction of sp³-hybridized carbons (Fsp3) is 0.176. The van der Waals surface area contributed by atoms with Gasteiger partial charge < -0.3 is 4.74 Å². The molecule has 1 N–H and O–H groups in total. The molecular weight excluding hydrogens is 300 g/mol. The van der Waals surface area contributed by atoms with Crippen molar-refractivity contribution in [2.45, 2.75) is 13.3 Å². The molecule has 0 unspecified atom stereocenters. The van der Waals surface area contributed by atoms with E-state index in [-0.39, 0.29) is 12.5 Å². The number of hydrogen-bond donors (Lipinski definition) is 1. The summed E-state index contributed by atoms with van der Waals surface area (Å²) in [5.41, 5.74) is 4.34. The molecule has 0 atom stereocenters. The maximum atomic E-state index is 11.7. The molecule has 5 heteroatoms. The van der Waals surface area contributed by atoms with Crippen LogP contribution in [-0.4, -0.2) is 18.7 Å². The molecule has 2 aromatic rings. The second kappa shape index (κ2) is 8.20. The lowest BCUT2D eigenvalue weighted by molar-refractivity contribution is -0.123. The van der Waals surface area contributed by atoms with Gasteiger partial charge in [0.1, 0.15) is 5.75 Å². The van der Waals surface area contributed by atoms with Crippen LogP contribution in [0.5, 0.6) is 5.75 Å². The van der Waals surface area contributed by atoms with Gasteiger partial charge in [0.2, 0.25) is 0 Å². The molecule has 0 heterocycles. The van der Waals surface area contributed by atoms with Crippen LogP contribution in [0.3, 0.4) is 0 Å². The average Bonchev–Trinajstić information content (AvgIpc) is 2.55. The second-order valence-corrected chi connectivity index (χ2v) is 5.03. The van der Waals surface area contributed by atoms with E-state index in [4.69, 9.17) is 16.3 Å². The predicted octanol–water partition coefficient (Wildman–Crippen LogP) is 3.43. The third-order valence-corrected chi connectivity index (χ3v) is 3.24. The topological polar surface area (TPSA) is 50.7 Å². The van der Waals surface area contributed by atoms with Crippen LogP contribution in [0.2, 0.25) is 5.02 Å². The number of benzene rings is 2. The van der Waals surface area contributed by atoms with Gasteiger partial charge in [-0.15, -0.1) is 0 Å². The Morgan fingerprint density at radius 3 is 2.68 bits per heavy atom. The molecule has 4 nitrogen and oxygen atoms in total. The van der Waals surface area contributed by atoms with Crippen LogP contribution in [0.4, 0.5) is 0 Å². The molecular formula is C17H17ClN2O2. The lowest BCUT2D eigenvalue weighted by Gasteiger charge is -2.08. The molecule has 0 saturated heterocycles. The van der Waals surface area contributed by atoms with E-state index < -0.39 is 0 Å².